The molecule has 0 aliphatic carbocycles. The number of benzene rings is 1. The van der Waals surface area contributed by atoms with E-state index in [4.69, 9.17) is 10.2 Å². The highest BCUT2D eigenvalue weighted by molar-refractivity contribution is 5.75. The van der Waals surface area contributed by atoms with Crippen molar-refractivity contribution >= 4 is 17.2 Å². The third-order valence-electron chi connectivity index (χ3n) is 2.41. The molecule has 0 fully saturated rings. The number of hydrogen-bond donors (Lipinski definition) is 1. The van der Waals surface area contributed by atoms with Crippen molar-refractivity contribution in [3.05, 3.63) is 36.0 Å². The van der Waals surface area contributed by atoms with E-state index in [1.807, 2.05) is 37.3 Å². The molecule has 0 saturated heterocycles. The van der Waals surface area contributed by atoms with Crippen LogP contribution in [-0.4, -0.2) is 14.8 Å². The smallest absolute Gasteiger partial charge is 0.294 e. The van der Waals surface area contributed by atoms with Crippen molar-refractivity contribution in [1.82, 2.24) is 14.8 Å². The van der Waals surface area contributed by atoms with Crippen molar-refractivity contribution in [2.24, 2.45) is 0 Å². The highest BCUT2D eigenvalue weighted by Crippen LogP contribution is 2.22. The summed E-state index contributed by atoms with van der Waals surface area (Å²) in [6, 6.07) is 9.90. The van der Waals surface area contributed by atoms with Gasteiger partial charge in [-0.3, -0.25) is 0 Å². The maximum absolute atomic E-state index is 5.53. The van der Waals surface area contributed by atoms with Crippen LogP contribution in [0, 0.1) is 6.92 Å². The second kappa shape index (κ2) is 3.10. The largest absolute Gasteiger partial charge is 0.404 e. The van der Waals surface area contributed by atoms with Crippen LogP contribution >= 0.6 is 0 Å². The van der Waals surface area contributed by atoms with Gasteiger partial charge < -0.3 is 10.2 Å². The molecule has 0 spiro atoms. The third-order valence-corrected chi connectivity index (χ3v) is 2.41. The average Bonchev–Trinajstić information content (AvgIpc) is 2.80. The van der Waals surface area contributed by atoms with Crippen molar-refractivity contribution in [2.45, 2.75) is 6.92 Å². The molecule has 3 aromatic rings. The second-order valence-electron chi connectivity index (χ2n) is 3.54. The fourth-order valence-corrected chi connectivity index (χ4v) is 1.69. The van der Waals surface area contributed by atoms with Crippen molar-refractivity contribution in [3.63, 3.8) is 0 Å². The van der Waals surface area contributed by atoms with Crippen LogP contribution in [-0.2, 0) is 0 Å². The summed E-state index contributed by atoms with van der Waals surface area (Å²) in [6.07, 6.45) is 0. The number of para-hydroxylation sites is 1. The third kappa shape index (κ3) is 1.18. The molecule has 0 bridgehead atoms. The fourth-order valence-electron chi connectivity index (χ4n) is 1.69. The van der Waals surface area contributed by atoms with Gasteiger partial charge in [0.25, 0.3) is 11.7 Å². The summed E-state index contributed by atoms with van der Waals surface area (Å²) in [4.78, 5) is 4.09. The molecule has 2 heterocycles. The minimum atomic E-state index is 0.167. The van der Waals surface area contributed by atoms with E-state index < -0.39 is 0 Å². The first-order chi connectivity index (χ1) is 7.75. The Kier molecular flexibility index (Phi) is 1.73. The highest BCUT2D eigenvalue weighted by Gasteiger charge is 2.14. The van der Waals surface area contributed by atoms with Gasteiger partial charge in [0.1, 0.15) is 0 Å². The van der Waals surface area contributed by atoms with E-state index in [0.29, 0.717) is 11.2 Å². The second-order valence-corrected chi connectivity index (χ2v) is 3.54. The molecule has 1 aromatic carbocycles. The number of hydrogen-bond acceptors (Lipinski definition) is 4. The zero-order valence-electron chi connectivity index (χ0n) is 8.71. The van der Waals surface area contributed by atoms with Gasteiger partial charge in [-0.25, -0.2) is 0 Å². The van der Waals surface area contributed by atoms with Crippen LogP contribution in [0.5, 0.6) is 0 Å². The number of nitrogens with zero attached hydrogens (tertiary/aromatic N) is 3. The molecular formula is C11H10N4O. The molecule has 0 aliphatic heterocycles. The molecule has 3 rings (SSSR count). The molecule has 2 N–H and O–H groups in total. The van der Waals surface area contributed by atoms with Gasteiger partial charge in [0, 0.05) is 0 Å². The molecule has 0 saturated carbocycles. The van der Waals surface area contributed by atoms with Crippen LogP contribution < -0.4 is 5.73 Å². The Labute approximate surface area is 91.5 Å². The number of anilines is 1. The van der Waals surface area contributed by atoms with E-state index in [1.54, 1.807) is 4.68 Å². The van der Waals surface area contributed by atoms with E-state index in [9.17, 15) is 0 Å². The molecule has 2 aromatic heterocycles. The SMILES string of the molecule is Cc1nn(-c2ccccc2)c2oc(N)nc12. The lowest BCUT2D eigenvalue weighted by Gasteiger charge is -1.99. The molecule has 5 heteroatoms. The predicted octanol–water partition coefficient (Wildman–Crippen LogP) is 1.90. The Bertz CT molecular complexity index is 639. The number of rotatable bonds is 1. The number of aromatic nitrogens is 3. The molecule has 5 nitrogen and oxygen atoms in total. The van der Waals surface area contributed by atoms with Crippen LogP contribution in [0.15, 0.2) is 34.7 Å². The Morgan fingerprint density at radius 1 is 1.25 bits per heavy atom. The Balaban J connectivity index is 2.32. The average molecular weight is 214 g/mol. The van der Waals surface area contributed by atoms with Crippen LogP contribution in [0.2, 0.25) is 0 Å². The lowest BCUT2D eigenvalue weighted by Crippen LogP contribution is -1.95. The van der Waals surface area contributed by atoms with Crippen LogP contribution in [0.4, 0.5) is 6.01 Å². The minimum Gasteiger partial charge on any atom is -0.404 e. The molecule has 0 radical (unpaired) electrons. The molecule has 16 heavy (non-hydrogen) atoms. The topological polar surface area (TPSA) is 69.9 Å². The Morgan fingerprint density at radius 3 is 2.75 bits per heavy atom. The first-order valence-corrected chi connectivity index (χ1v) is 4.93. The molecule has 0 aliphatic rings. The first-order valence-electron chi connectivity index (χ1n) is 4.93. The lowest BCUT2D eigenvalue weighted by molar-refractivity contribution is 0.592. The molecule has 0 unspecified atom stereocenters. The van der Waals surface area contributed by atoms with Gasteiger partial charge in [-0.05, 0) is 19.1 Å². The van der Waals surface area contributed by atoms with Crippen molar-refractivity contribution in [3.8, 4) is 5.69 Å². The quantitative estimate of drug-likeness (QED) is 0.671. The summed E-state index contributed by atoms with van der Waals surface area (Å²) in [5.41, 5.74) is 8.56. The lowest BCUT2D eigenvalue weighted by atomic mass is 10.3. The van der Waals surface area contributed by atoms with Gasteiger partial charge in [-0.1, -0.05) is 18.2 Å². The zero-order chi connectivity index (χ0) is 11.1. The monoisotopic (exact) mass is 214 g/mol. The fraction of sp³-hybridized carbons (Fsp3) is 0.0909. The minimum absolute atomic E-state index is 0.167. The van der Waals surface area contributed by atoms with E-state index >= 15 is 0 Å². The van der Waals surface area contributed by atoms with Gasteiger partial charge in [-0.15, -0.1) is 0 Å². The number of aryl methyl sites for hydroxylation is 1. The van der Waals surface area contributed by atoms with E-state index in [-0.39, 0.29) is 6.01 Å². The standard InChI is InChI=1S/C11H10N4O/c1-7-9-10(16-11(12)13-9)15(14-7)8-5-3-2-4-6-8/h2-6H,1H3,(H2,12,13). The summed E-state index contributed by atoms with van der Waals surface area (Å²) in [5.74, 6) is 0. The van der Waals surface area contributed by atoms with E-state index in [0.717, 1.165) is 11.4 Å². The maximum Gasteiger partial charge on any atom is 0.294 e. The summed E-state index contributed by atoms with van der Waals surface area (Å²) in [5, 5.41) is 4.37. The maximum atomic E-state index is 5.53. The van der Waals surface area contributed by atoms with E-state index in [2.05, 4.69) is 10.1 Å². The van der Waals surface area contributed by atoms with Gasteiger partial charge in [-0.2, -0.15) is 14.8 Å². The summed E-state index contributed by atoms with van der Waals surface area (Å²) in [7, 11) is 0. The normalized spacial score (nSPS) is 11.1. The van der Waals surface area contributed by atoms with Crippen LogP contribution in [0.1, 0.15) is 5.69 Å². The van der Waals surface area contributed by atoms with Gasteiger partial charge in [0.05, 0.1) is 11.4 Å². The van der Waals surface area contributed by atoms with Crippen LogP contribution in [0.3, 0.4) is 0 Å². The van der Waals surface area contributed by atoms with Crippen molar-refractivity contribution in [2.75, 3.05) is 5.73 Å². The van der Waals surface area contributed by atoms with Gasteiger partial charge in [0.15, 0.2) is 5.52 Å². The summed E-state index contributed by atoms with van der Waals surface area (Å²) < 4.78 is 7.04. The molecule has 0 atom stereocenters. The zero-order valence-corrected chi connectivity index (χ0v) is 8.71. The Morgan fingerprint density at radius 2 is 2.00 bits per heavy atom. The first kappa shape index (κ1) is 8.96. The number of nitrogen functional groups attached to an aromatic ring is 1. The number of fused-ring (bicyclic) bond motifs is 1. The highest BCUT2D eigenvalue weighted by atomic mass is 16.4. The van der Waals surface area contributed by atoms with Gasteiger partial charge in [0.2, 0.25) is 0 Å². The predicted molar refractivity (Wildman–Crippen MR) is 60.3 cm³/mol. The van der Waals surface area contributed by atoms with Crippen molar-refractivity contribution < 1.29 is 4.42 Å². The number of nitrogens with two attached hydrogens (primary N) is 1. The van der Waals surface area contributed by atoms with E-state index in [1.165, 1.54) is 0 Å². The molecular weight excluding hydrogens is 204 g/mol. The molecule has 80 valence electrons. The number of oxazole rings is 1. The van der Waals surface area contributed by atoms with Crippen LogP contribution in [0.25, 0.3) is 16.9 Å². The van der Waals surface area contributed by atoms with Crippen molar-refractivity contribution in [1.29, 1.82) is 0 Å². The van der Waals surface area contributed by atoms with Gasteiger partial charge >= 0.3 is 0 Å². The molecule has 0 amide bonds. The Hall–Kier alpha value is -2.30. The summed E-state index contributed by atoms with van der Waals surface area (Å²) in [6.45, 7) is 1.88. The summed E-state index contributed by atoms with van der Waals surface area (Å²) >= 11 is 0.